The maximum Gasteiger partial charge on any atom is 0.289 e. The van der Waals surface area contributed by atoms with Gasteiger partial charge in [0.05, 0.1) is 13.2 Å². The number of nitrogens with zero attached hydrogens (tertiary/aromatic N) is 1. The Labute approximate surface area is 223 Å². The maximum absolute atomic E-state index is 13.4. The zero-order valence-electron chi connectivity index (χ0n) is 21.1. The van der Waals surface area contributed by atoms with Gasteiger partial charge in [-0.05, 0) is 24.3 Å². The van der Waals surface area contributed by atoms with Crippen molar-refractivity contribution in [2.75, 3.05) is 13.7 Å². The van der Waals surface area contributed by atoms with Crippen LogP contribution in [0.1, 0.15) is 42.7 Å². The Morgan fingerprint density at radius 2 is 1.82 bits per heavy atom. The summed E-state index contributed by atoms with van der Waals surface area (Å²) >= 11 is 1.33. The average Bonchev–Trinajstić information content (AvgIpc) is 3.42. The number of thiazole rings is 1. The fraction of sp³-hybridized carbons (Fsp3) is 0.500. The molecule has 2 aromatic rings. The summed E-state index contributed by atoms with van der Waals surface area (Å²) in [6.07, 6.45) is 1.58. The number of hydrogen-bond donors (Lipinski definition) is 3. The first-order valence-electron chi connectivity index (χ1n) is 12.4. The van der Waals surface area contributed by atoms with Crippen LogP contribution in [-0.4, -0.2) is 60.2 Å². The molecule has 1 heterocycles. The number of alkyl halides is 2. The molecule has 0 bridgehead atoms. The van der Waals surface area contributed by atoms with Gasteiger partial charge in [-0.3, -0.25) is 19.2 Å². The monoisotopic (exact) mass is 550 g/mol. The Kier molecular flexibility index (Phi) is 10.8. The van der Waals surface area contributed by atoms with Crippen LogP contribution in [-0.2, 0) is 36.9 Å². The number of carbonyl (C=O) groups is 4. The summed E-state index contributed by atoms with van der Waals surface area (Å²) in [5.74, 6) is -5.78. The largest absolute Gasteiger partial charge is 0.382 e. The van der Waals surface area contributed by atoms with Gasteiger partial charge in [-0.15, -0.1) is 11.3 Å². The van der Waals surface area contributed by atoms with Gasteiger partial charge in [0.25, 0.3) is 5.91 Å². The Bertz CT molecular complexity index is 1070. The minimum Gasteiger partial charge on any atom is -0.382 e. The molecule has 12 heteroatoms. The number of rotatable bonds is 13. The number of ketones is 1. The fourth-order valence-electron chi connectivity index (χ4n) is 4.24. The molecule has 3 amide bonds. The molecule has 0 radical (unpaired) electrons. The third-order valence-electron chi connectivity index (χ3n) is 6.32. The van der Waals surface area contributed by atoms with Crippen molar-refractivity contribution in [1.82, 2.24) is 20.9 Å². The normalized spacial score (nSPS) is 16.7. The van der Waals surface area contributed by atoms with Crippen molar-refractivity contribution < 1.29 is 32.7 Å². The van der Waals surface area contributed by atoms with Gasteiger partial charge in [0, 0.05) is 44.4 Å². The number of benzene rings is 1. The number of carbonyl (C=O) groups excluding carboxylic acids is 4. The first kappa shape index (κ1) is 29.3. The molecule has 0 aliphatic heterocycles. The molecular formula is C26H32F2N4O5S. The highest BCUT2D eigenvalue weighted by Crippen LogP contribution is 2.37. The Morgan fingerprint density at radius 3 is 2.45 bits per heavy atom. The predicted molar refractivity (Wildman–Crippen MR) is 136 cm³/mol. The van der Waals surface area contributed by atoms with Crippen molar-refractivity contribution in [3.63, 3.8) is 0 Å². The summed E-state index contributed by atoms with van der Waals surface area (Å²) in [6.45, 7) is -0.105. The molecule has 1 saturated carbocycles. The van der Waals surface area contributed by atoms with Gasteiger partial charge >= 0.3 is 0 Å². The summed E-state index contributed by atoms with van der Waals surface area (Å²) in [5.41, 5.74) is 0.723. The summed E-state index contributed by atoms with van der Waals surface area (Å²) in [7, 11) is 1.36. The molecule has 0 saturated heterocycles. The zero-order chi connectivity index (χ0) is 27.5. The van der Waals surface area contributed by atoms with Gasteiger partial charge in [-0.25, -0.2) is 13.8 Å². The summed E-state index contributed by atoms with van der Waals surface area (Å²) in [5, 5.41) is 10.1. The van der Waals surface area contributed by atoms with Crippen molar-refractivity contribution in [2.45, 2.75) is 63.1 Å². The molecule has 38 heavy (non-hydrogen) atoms. The molecule has 1 aliphatic carbocycles. The van der Waals surface area contributed by atoms with E-state index in [4.69, 9.17) is 4.74 Å². The molecule has 206 valence electrons. The van der Waals surface area contributed by atoms with Gasteiger partial charge in [-0.1, -0.05) is 30.3 Å². The summed E-state index contributed by atoms with van der Waals surface area (Å²) < 4.78 is 31.9. The van der Waals surface area contributed by atoms with E-state index in [1.807, 2.05) is 0 Å². The standard InChI is InChI=1S/C26H32F2N4O5S/c1-37-16-20(31-21(33)14-18-7-9-26(27,28)10-8-18)24(35)32-19(13-17-5-3-2-4-6-17)23(34)25(36)30-15-22-29-11-12-38-22/h2-6,11-12,18-20H,7-10,13-16H2,1H3,(H,30,36)(H,31,33)(H,32,35)/t19-,20-/m1/s1. The van der Waals surface area contributed by atoms with E-state index in [2.05, 4.69) is 20.9 Å². The molecule has 9 nitrogen and oxygen atoms in total. The van der Waals surface area contributed by atoms with Crippen LogP contribution in [0.5, 0.6) is 0 Å². The lowest BCUT2D eigenvalue weighted by molar-refractivity contribution is -0.140. The van der Waals surface area contributed by atoms with E-state index in [-0.39, 0.29) is 57.6 Å². The van der Waals surface area contributed by atoms with E-state index in [9.17, 15) is 28.0 Å². The molecule has 1 aromatic carbocycles. The van der Waals surface area contributed by atoms with E-state index in [1.165, 1.54) is 18.4 Å². The number of ether oxygens (including phenoxy) is 1. The highest BCUT2D eigenvalue weighted by Gasteiger charge is 2.36. The van der Waals surface area contributed by atoms with Crippen LogP contribution in [0, 0.1) is 5.92 Å². The molecule has 0 unspecified atom stereocenters. The Morgan fingerprint density at radius 1 is 1.11 bits per heavy atom. The van der Waals surface area contributed by atoms with Crippen molar-refractivity contribution in [2.24, 2.45) is 5.92 Å². The number of aromatic nitrogens is 1. The first-order chi connectivity index (χ1) is 18.2. The minimum atomic E-state index is -2.70. The zero-order valence-corrected chi connectivity index (χ0v) is 21.9. The first-order valence-corrected chi connectivity index (χ1v) is 13.3. The van der Waals surface area contributed by atoms with Crippen molar-refractivity contribution in [3.05, 3.63) is 52.5 Å². The van der Waals surface area contributed by atoms with Crippen molar-refractivity contribution in [1.29, 1.82) is 0 Å². The molecular weight excluding hydrogens is 518 g/mol. The van der Waals surface area contributed by atoms with Crippen LogP contribution in [0.2, 0.25) is 0 Å². The third kappa shape index (κ3) is 9.25. The molecule has 3 rings (SSSR count). The molecule has 1 aliphatic rings. The van der Waals surface area contributed by atoms with E-state index in [1.54, 1.807) is 41.9 Å². The van der Waals surface area contributed by atoms with Gasteiger partial charge in [0.2, 0.25) is 23.5 Å². The second kappa shape index (κ2) is 14.1. The number of amides is 3. The quantitative estimate of drug-likeness (QED) is 0.329. The topological polar surface area (TPSA) is 126 Å². The van der Waals surface area contributed by atoms with E-state index in [0.29, 0.717) is 5.01 Å². The highest BCUT2D eigenvalue weighted by atomic mass is 32.1. The van der Waals surface area contributed by atoms with E-state index >= 15 is 0 Å². The lowest BCUT2D eigenvalue weighted by Crippen LogP contribution is -2.56. The summed E-state index contributed by atoms with van der Waals surface area (Å²) in [6, 6.07) is 6.55. The van der Waals surface area contributed by atoms with Gasteiger partial charge in [0.1, 0.15) is 17.1 Å². The molecule has 0 spiro atoms. The summed E-state index contributed by atoms with van der Waals surface area (Å²) in [4.78, 5) is 55.4. The highest BCUT2D eigenvalue weighted by molar-refractivity contribution is 7.09. The lowest BCUT2D eigenvalue weighted by atomic mass is 9.84. The average molecular weight is 551 g/mol. The molecule has 2 atom stereocenters. The van der Waals surface area contributed by atoms with Gasteiger partial charge in [-0.2, -0.15) is 0 Å². The molecule has 1 aromatic heterocycles. The number of halogens is 2. The second-order valence-electron chi connectivity index (χ2n) is 9.30. The SMILES string of the molecule is COC[C@@H](NC(=O)CC1CCC(F)(F)CC1)C(=O)N[C@H](Cc1ccccc1)C(=O)C(=O)NCc1nccs1. The van der Waals surface area contributed by atoms with Crippen molar-refractivity contribution >= 4 is 34.8 Å². The molecule has 3 N–H and O–H groups in total. The second-order valence-corrected chi connectivity index (χ2v) is 10.3. The Balaban J connectivity index is 1.63. The maximum atomic E-state index is 13.4. The molecule has 1 fully saturated rings. The van der Waals surface area contributed by atoms with E-state index < -0.39 is 41.5 Å². The number of methoxy groups -OCH3 is 1. The van der Waals surface area contributed by atoms with E-state index in [0.717, 1.165) is 5.56 Å². The smallest absolute Gasteiger partial charge is 0.289 e. The minimum absolute atomic E-state index is 0.00904. The van der Waals surface area contributed by atoms with Crippen LogP contribution in [0.3, 0.4) is 0 Å². The number of Topliss-reactive ketones (excluding diaryl/α,β-unsaturated/α-hetero) is 1. The third-order valence-corrected chi connectivity index (χ3v) is 7.10. The van der Waals surface area contributed by atoms with Crippen LogP contribution >= 0.6 is 11.3 Å². The van der Waals surface area contributed by atoms with Gasteiger partial charge < -0.3 is 20.7 Å². The Hall–Kier alpha value is -3.25. The van der Waals surface area contributed by atoms with Gasteiger partial charge in [0.15, 0.2) is 0 Å². The van der Waals surface area contributed by atoms with Crippen LogP contribution < -0.4 is 16.0 Å². The van der Waals surface area contributed by atoms with Crippen molar-refractivity contribution in [3.8, 4) is 0 Å². The van der Waals surface area contributed by atoms with Crippen LogP contribution in [0.4, 0.5) is 8.78 Å². The number of hydrogen-bond acceptors (Lipinski definition) is 7. The van der Waals surface area contributed by atoms with Crippen LogP contribution in [0.15, 0.2) is 41.9 Å². The predicted octanol–water partition coefficient (Wildman–Crippen LogP) is 2.40. The lowest BCUT2D eigenvalue weighted by Gasteiger charge is -2.28. The number of nitrogens with one attached hydrogen (secondary N) is 3. The van der Waals surface area contributed by atoms with Crippen LogP contribution in [0.25, 0.3) is 0 Å². The fourth-order valence-corrected chi connectivity index (χ4v) is 4.80.